The van der Waals surface area contributed by atoms with Crippen molar-refractivity contribution in [2.75, 3.05) is 32.9 Å². The highest BCUT2D eigenvalue weighted by Gasteiger charge is 2.28. The SMILES string of the molecule is FC(F)(F)OCCNCC1CCOCC1. The molecular formula is C9H16F3NO2. The first-order chi connectivity index (χ1) is 7.08. The van der Waals surface area contributed by atoms with Crippen LogP contribution in [0, 0.1) is 5.92 Å². The van der Waals surface area contributed by atoms with E-state index < -0.39 is 6.36 Å². The molecule has 0 amide bonds. The number of rotatable bonds is 5. The van der Waals surface area contributed by atoms with Gasteiger partial charge in [0.25, 0.3) is 0 Å². The van der Waals surface area contributed by atoms with Crippen LogP contribution in [0.4, 0.5) is 13.2 Å². The minimum Gasteiger partial charge on any atom is -0.381 e. The molecule has 0 unspecified atom stereocenters. The van der Waals surface area contributed by atoms with Crippen molar-refractivity contribution in [3.63, 3.8) is 0 Å². The second-order valence-corrected chi connectivity index (χ2v) is 3.55. The smallest absolute Gasteiger partial charge is 0.381 e. The predicted molar refractivity (Wildman–Crippen MR) is 48.4 cm³/mol. The Morgan fingerprint density at radius 2 is 1.93 bits per heavy atom. The summed E-state index contributed by atoms with van der Waals surface area (Å²) in [7, 11) is 0. The molecule has 1 heterocycles. The first kappa shape index (κ1) is 12.7. The third-order valence-electron chi connectivity index (χ3n) is 2.32. The lowest BCUT2D eigenvalue weighted by molar-refractivity contribution is -0.323. The van der Waals surface area contributed by atoms with E-state index in [-0.39, 0.29) is 13.2 Å². The van der Waals surface area contributed by atoms with E-state index in [0.717, 1.165) is 32.6 Å². The van der Waals surface area contributed by atoms with Gasteiger partial charge in [0.1, 0.15) is 0 Å². The molecule has 15 heavy (non-hydrogen) atoms. The van der Waals surface area contributed by atoms with Crippen LogP contribution in [-0.4, -0.2) is 39.3 Å². The molecule has 1 saturated heterocycles. The summed E-state index contributed by atoms with van der Waals surface area (Å²) < 4.78 is 43.5. The summed E-state index contributed by atoms with van der Waals surface area (Å²) in [5, 5.41) is 2.95. The molecule has 90 valence electrons. The van der Waals surface area contributed by atoms with Gasteiger partial charge in [-0.1, -0.05) is 0 Å². The van der Waals surface area contributed by atoms with Crippen LogP contribution in [0.25, 0.3) is 0 Å². The Balaban J connectivity index is 1.92. The molecule has 0 aromatic rings. The second kappa shape index (κ2) is 6.30. The summed E-state index contributed by atoms with van der Waals surface area (Å²) in [5.41, 5.74) is 0. The van der Waals surface area contributed by atoms with Crippen molar-refractivity contribution in [3.05, 3.63) is 0 Å². The number of ether oxygens (including phenoxy) is 2. The molecule has 1 rings (SSSR count). The van der Waals surface area contributed by atoms with Gasteiger partial charge in [-0.2, -0.15) is 0 Å². The van der Waals surface area contributed by atoms with E-state index in [1.807, 2.05) is 0 Å². The molecule has 1 aliphatic rings. The monoisotopic (exact) mass is 227 g/mol. The molecular weight excluding hydrogens is 211 g/mol. The zero-order chi connectivity index (χ0) is 11.1. The quantitative estimate of drug-likeness (QED) is 0.723. The van der Waals surface area contributed by atoms with Crippen molar-refractivity contribution in [1.29, 1.82) is 0 Å². The molecule has 0 atom stereocenters. The highest BCUT2D eigenvalue weighted by Crippen LogP contribution is 2.15. The Morgan fingerprint density at radius 3 is 2.53 bits per heavy atom. The van der Waals surface area contributed by atoms with Crippen molar-refractivity contribution in [3.8, 4) is 0 Å². The van der Waals surface area contributed by atoms with Gasteiger partial charge in [-0.3, -0.25) is 4.74 Å². The van der Waals surface area contributed by atoms with Crippen molar-refractivity contribution in [2.45, 2.75) is 19.2 Å². The molecule has 1 N–H and O–H groups in total. The molecule has 6 heteroatoms. The zero-order valence-corrected chi connectivity index (χ0v) is 8.48. The van der Waals surface area contributed by atoms with Crippen LogP contribution in [-0.2, 0) is 9.47 Å². The van der Waals surface area contributed by atoms with Crippen molar-refractivity contribution < 1.29 is 22.6 Å². The Bertz CT molecular complexity index is 169. The molecule has 0 radical (unpaired) electrons. The van der Waals surface area contributed by atoms with Crippen LogP contribution in [0.2, 0.25) is 0 Å². The predicted octanol–water partition coefficient (Wildman–Crippen LogP) is 1.54. The van der Waals surface area contributed by atoms with Crippen LogP contribution in [0.1, 0.15) is 12.8 Å². The summed E-state index contributed by atoms with van der Waals surface area (Å²) in [6.45, 7) is 2.16. The van der Waals surface area contributed by atoms with Gasteiger partial charge in [0.2, 0.25) is 0 Å². The topological polar surface area (TPSA) is 30.5 Å². The Kier molecular flexibility index (Phi) is 5.35. The minimum atomic E-state index is -4.51. The van der Waals surface area contributed by atoms with Crippen LogP contribution in [0.3, 0.4) is 0 Å². The molecule has 1 aliphatic heterocycles. The van der Waals surface area contributed by atoms with E-state index in [1.54, 1.807) is 0 Å². The van der Waals surface area contributed by atoms with Gasteiger partial charge >= 0.3 is 6.36 Å². The van der Waals surface area contributed by atoms with Crippen LogP contribution >= 0.6 is 0 Å². The average Bonchev–Trinajstić information content (AvgIpc) is 2.17. The summed E-state index contributed by atoms with van der Waals surface area (Å²) in [5.74, 6) is 0.518. The van der Waals surface area contributed by atoms with Crippen LogP contribution < -0.4 is 5.32 Å². The highest BCUT2D eigenvalue weighted by atomic mass is 19.4. The molecule has 0 spiro atoms. The third kappa shape index (κ3) is 6.70. The summed E-state index contributed by atoms with van der Waals surface area (Å²) in [6, 6.07) is 0. The molecule has 0 aromatic carbocycles. The molecule has 0 aliphatic carbocycles. The summed E-state index contributed by atoms with van der Waals surface area (Å²) >= 11 is 0. The van der Waals surface area contributed by atoms with Crippen LogP contribution in [0.5, 0.6) is 0 Å². The lowest BCUT2D eigenvalue weighted by Crippen LogP contribution is -2.31. The molecule has 0 saturated carbocycles. The van der Waals surface area contributed by atoms with Gasteiger partial charge in [-0.15, -0.1) is 13.2 Å². The maximum Gasteiger partial charge on any atom is 0.522 e. The number of hydrogen-bond acceptors (Lipinski definition) is 3. The third-order valence-corrected chi connectivity index (χ3v) is 2.32. The van der Waals surface area contributed by atoms with Gasteiger partial charge < -0.3 is 10.1 Å². The average molecular weight is 227 g/mol. The van der Waals surface area contributed by atoms with Gasteiger partial charge in [0, 0.05) is 19.8 Å². The number of alkyl halides is 3. The number of hydrogen-bond donors (Lipinski definition) is 1. The second-order valence-electron chi connectivity index (χ2n) is 3.55. The lowest BCUT2D eigenvalue weighted by Gasteiger charge is -2.22. The summed E-state index contributed by atoms with van der Waals surface area (Å²) in [6.07, 6.45) is -2.55. The fourth-order valence-electron chi connectivity index (χ4n) is 1.50. The van der Waals surface area contributed by atoms with Crippen LogP contribution in [0.15, 0.2) is 0 Å². The van der Waals surface area contributed by atoms with Crippen molar-refractivity contribution in [2.24, 2.45) is 5.92 Å². The van der Waals surface area contributed by atoms with E-state index >= 15 is 0 Å². The molecule has 0 aromatic heterocycles. The van der Waals surface area contributed by atoms with E-state index in [9.17, 15) is 13.2 Å². The standard InChI is InChI=1S/C9H16F3NO2/c10-9(11,12)15-6-3-13-7-8-1-4-14-5-2-8/h8,13H,1-7H2. The van der Waals surface area contributed by atoms with E-state index in [0.29, 0.717) is 5.92 Å². The van der Waals surface area contributed by atoms with E-state index in [1.165, 1.54) is 0 Å². The first-order valence-electron chi connectivity index (χ1n) is 5.07. The van der Waals surface area contributed by atoms with E-state index in [2.05, 4.69) is 10.1 Å². The zero-order valence-electron chi connectivity index (χ0n) is 8.48. The number of nitrogens with one attached hydrogen (secondary N) is 1. The molecule has 1 fully saturated rings. The Hall–Kier alpha value is -0.330. The first-order valence-corrected chi connectivity index (χ1v) is 5.07. The fraction of sp³-hybridized carbons (Fsp3) is 1.00. The largest absolute Gasteiger partial charge is 0.522 e. The Labute approximate surface area is 86.9 Å². The summed E-state index contributed by atoms with van der Waals surface area (Å²) in [4.78, 5) is 0. The van der Waals surface area contributed by atoms with Crippen molar-refractivity contribution in [1.82, 2.24) is 5.32 Å². The fourth-order valence-corrected chi connectivity index (χ4v) is 1.50. The highest BCUT2D eigenvalue weighted by molar-refractivity contribution is 4.65. The Morgan fingerprint density at radius 1 is 1.27 bits per heavy atom. The van der Waals surface area contributed by atoms with Crippen molar-refractivity contribution >= 4 is 0 Å². The number of halogens is 3. The van der Waals surface area contributed by atoms with E-state index in [4.69, 9.17) is 4.74 Å². The normalized spacial score (nSPS) is 19.4. The van der Waals surface area contributed by atoms with Gasteiger partial charge in [-0.05, 0) is 25.3 Å². The lowest BCUT2D eigenvalue weighted by atomic mass is 10.0. The maximum atomic E-state index is 11.6. The molecule has 3 nitrogen and oxygen atoms in total. The maximum absolute atomic E-state index is 11.6. The van der Waals surface area contributed by atoms with Gasteiger partial charge in [0.05, 0.1) is 6.61 Å². The minimum absolute atomic E-state index is 0.233. The molecule has 0 bridgehead atoms. The van der Waals surface area contributed by atoms with Gasteiger partial charge in [0.15, 0.2) is 0 Å². The van der Waals surface area contributed by atoms with Gasteiger partial charge in [-0.25, -0.2) is 0 Å².